The Labute approximate surface area is 362 Å². The maximum Gasteiger partial charge on any atom is 0.490 e. The Balaban J connectivity index is 1.38. The lowest BCUT2D eigenvalue weighted by atomic mass is 10.0. The van der Waals surface area contributed by atoms with Crippen LogP contribution >= 0.6 is 45.1 Å². The molecule has 2 aromatic rings. The summed E-state index contributed by atoms with van der Waals surface area (Å²) in [6.07, 6.45) is 0.338. The van der Waals surface area contributed by atoms with Crippen molar-refractivity contribution in [2.24, 2.45) is 5.92 Å². The number of anilines is 1. The average Bonchev–Trinajstić information content (AvgIpc) is 3.74. The molecule has 0 saturated carbocycles. The first-order valence-electron chi connectivity index (χ1n) is 18.8. The van der Waals surface area contributed by atoms with E-state index < -0.39 is 78.6 Å². The third kappa shape index (κ3) is 19.4. The molecule has 1 saturated heterocycles. The van der Waals surface area contributed by atoms with Crippen molar-refractivity contribution < 1.29 is 90.1 Å². The average molecular weight is 982 g/mol. The third-order valence-corrected chi connectivity index (χ3v) is 14.8. The Morgan fingerprint density at radius 3 is 2.39 bits per heavy atom. The van der Waals surface area contributed by atoms with E-state index in [-0.39, 0.29) is 53.8 Å². The molecule has 350 valence electrons. The normalized spacial score (nSPS) is 20.0. The van der Waals surface area contributed by atoms with Crippen LogP contribution in [0.4, 0.5) is 10.6 Å². The molecule has 0 radical (unpaired) electrons. The fraction of sp³-hybridized carbons (Fsp3) is 0.677. The van der Waals surface area contributed by atoms with Gasteiger partial charge in [-0.2, -0.15) is 8.62 Å². The van der Waals surface area contributed by atoms with Gasteiger partial charge in [0.1, 0.15) is 36.6 Å². The number of nitrogens with one attached hydrogen (secondary N) is 3. The van der Waals surface area contributed by atoms with Crippen molar-refractivity contribution in [3.8, 4) is 0 Å². The first kappa shape index (κ1) is 53.3. The molecular weight excluding hydrogens is 931 g/mol. The number of fused-ring (bicyclic) bond motifs is 1. The first-order chi connectivity index (χ1) is 28.9. The van der Waals surface area contributed by atoms with Crippen molar-refractivity contribution in [2.45, 2.75) is 103 Å². The molecule has 0 aliphatic carbocycles. The van der Waals surface area contributed by atoms with Crippen LogP contribution in [0.15, 0.2) is 12.7 Å². The summed E-state index contributed by atoms with van der Waals surface area (Å²) in [6, 6.07) is -0.729. The lowest BCUT2D eigenvalue weighted by Gasteiger charge is -2.19. The smallest absolute Gasteiger partial charge is 0.481 e. The summed E-state index contributed by atoms with van der Waals surface area (Å²) < 4.78 is 58.9. The highest BCUT2D eigenvalue weighted by Crippen LogP contribution is 2.66. The van der Waals surface area contributed by atoms with Gasteiger partial charge >= 0.3 is 35.5 Å². The number of amides is 3. The molecule has 8 unspecified atom stereocenters. The number of ether oxygens (including phenoxy) is 2. The fourth-order valence-corrected chi connectivity index (χ4v) is 10.9. The number of carbonyl (C=O) groups excluding carboxylic acids is 4. The van der Waals surface area contributed by atoms with Crippen LogP contribution in [-0.4, -0.2) is 128 Å². The molecule has 1 aliphatic rings. The van der Waals surface area contributed by atoms with E-state index in [4.69, 9.17) is 24.4 Å². The lowest BCUT2D eigenvalue weighted by molar-refractivity contribution is -0.143. The van der Waals surface area contributed by atoms with Gasteiger partial charge in [-0.05, 0) is 32.6 Å². The van der Waals surface area contributed by atoms with Gasteiger partial charge in [-0.15, -0.1) is 0 Å². The molecule has 1 aliphatic heterocycles. The number of hydrogen-bond donors (Lipinski definition) is 9. The number of ketones is 1. The van der Waals surface area contributed by atoms with Crippen molar-refractivity contribution in [3.63, 3.8) is 0 Å². The number of aliphatic hydroxyl groups excluding tert-OH is 1. The monoisotopic (exact) mass is 981 g/mol. The van der Waals surface area contributed by atoms with E-state index in [0.29, 0.717) is 50.2 Å². The zero-order valence-electron chi connectivity index (χ0n) is 33.5. The molecule has 62 heavy (non-hydrogen) atoms. The minimum atomic E-state index is -5.75. The third-order valence-electron chi connectivity index (χ3n) is 8.41. The van der Waals surface area contributed by atoms with Crippen molar-refractivity contribution in [2.75, 3.05) is 30.0 Å². The second-order valence-corrected chi connectivity index (χ2v) is 20.8. The van der Waals surface area contributed by atoms with E-state index in [2.05, 4.69) is 44.0 Å². The molecule has 0 bridgehead atoms. The van der Waals surface area contributed by atoms with E-state index in [1.165, 1.54) is 46.3 Å². The van der Waals surface area contributed by atoms with Gasteiger partial charge in [-0.25, -0.2) is 33.4 Å². The number of phosphoric acid groups is 3. The minimum Gasteiger partial charge on any atom is -0.481 e. The molecule has 9 N–H and O–H groups in total. The lowest BCUT2D eigenvalue weighted by Crippen LogP contribution is -2.46. The molecule has 3 amide bonds. The largest absolute Gasteiger partial charge is 0.490 e. The number of aliphatic carboxylic acids is 1. The number of hydrogen-bond acceptors (Lipinski definition) is 19. The highest BCUT2D eigenvalue weighted by molar-refractivity contribution is 8.76. The van der Waals surface area contributed by atoms with Crippen molar-refractivity contribution in [3.05, 3.63) is 12.7 Å². The number of carboxylic acids is 1. The van der Waals surface area contributed by atoms with Crippen LogP contribution in [0.3, 0.4) is 0 Å². The molecule has 3 heterocycles. The first-order valence-corrected chi connectivity index (χ1v) is 25.8. The number of nitrogens with zero attached hydrogens (tertiary/aromatic N) is 4. The highest BCUT2D eigenvalue weighted by Gasteiger charge is 2.43. The Morgan fingerprint density at radius 1 is 0.984 bits per heavy atom. The standard InChI is InChI=1S/C31H50N7O19P3S2/c1-18(30(43)44)12-21(40)8-5-4-6-10-32-29(42)22(36-20(3)39)9-7-11-61-62-15-19(2)54-31(45)37-27-26-28(34-16-33-27)38(17-35-26)25-13-23(41)24(55-25)14-53-59(49,50)57-60(51,52)56-58(46,47)48/h16-19,22-25,41H,4-15H2,1-3H3,(H,32,42)(H,36,39)(H,43,44)(H,49,50)(H,51,52)(H2,46,47,48)(H,33,34,37,45). The summed E-state index contributed by atoms with van der Waals surface area (Å²) in [6.45, 7) is 3.96. The molecule has 2 aromatic heterocycles. The van der Waals surface area contributed by atoms with Gasteiger partial charge < -0.3 is 49.9 Å². The Kier molecular flexibility index (Phi) is 21.3. The summed E-state index contributed by atoms with van der Waals surface area (Å²) in [7, 11) is -13.9. The quantitative estimate of drug-likeness (QED) is 0.0336. The van der Waals surface area contributed by atoms with E-state index >= 15 is 0 Å². The van der Waals surface area contributed by atoms with Crippen molar-refractivity contribution in [1.82, 2.24) is 30.2 Å². The number of Topliss-reactive ketones (excluding diaryl/α,β-unsaturated/α-hetero) is 1. The van der Waals surface area contributed by atoms with Crippen LogP contribution < -0.4 is 16.0 Å². The predicted octanol–water partition coefficient (Wildman–Crippen LogP) is 2.78. The summed E-state index contributed by atoms with van der Waals surface area (Å²) >= 11 is 0. The Bertz CT molecular complexity index is 2010. The van der Waals surface area contributed by atoms with Crippen molar-refractivity contribution in [1.29, 1.82) is 0 Å². The number of aromatic nitrogens is 4. The van der Waals surface area contributed by atoms with Crippen LogP contribution in [0, 0.1) is 5.92 Å². The second kappa shape index (κ2) is 24.8. The van der Waals surface area contributed by atoms with E-state index in [1.807, 2.05) is 0 Å². The second-order valence-electron chi connectivity index (χ2n) is 13.8. The van der Waals surface area contributed by atoms with Crippen LogP contribution in [0.25, 0.3) is 11.2 Å². The molecule has 31 heteroatoms. The summed E-state index contributed by atoms with van der Waals surface area (Å²) in [5.41, 5.74) is 0.253. The molecular formula is C31H50N7O19P3S2. The van der Waals surface area contributed by atoms with Gasteiger partial charge in [0.25, 0.3) is 0 Å². The molecule has 8 atom stereocenters. The topological polar surface area (TPSA) is 384 Å². The number of carboxylic acid groups (broad SMARTS) is 1. The SMILES string of the molecule is CC(=O)NC(CCCSSCC(C)OC(=O)Nc1ncnc2c1ncn2C1CC(O)C(COP(=O)(O)OP(=O)(O)OP(=O)(O)O)O1)C(=O)NCCCCCC(=O)CC(C)C(=O)O. The number of aliphatic hydroxyl groups is 1. The predicted molar refractivity (Wildman–Crippen MR) is 219 cm³/mol. The zero-order valence-corrected chi connectivity index (χ0v) is 37.9. The van der Waals surface area contributed by atoms with Crippen molar-refractivity contribution >= 4 is 91.7 Å². The zero-order chi connectivity index (χ0) is 46.3. The van der Waals surface area contributed by atoms with Gasteiger partial charge in [0, 0.05) is 44.2 Å². The Hall–Kier alpha value is -3.07. The van der Waals surface area contributed by atoms with Gasteiger partial charge in [0.2, 0.25) is 11.8 Å². The number of carbonyl (C=O) groups is 5. The number of rotatable bonds is 28. The van der Waals surface area contributed by atoms with Gasteiger partial charge in [0.15, 0.2) is 17.0 Å². The highest BCUT2D eigenvalue weighted by atomic mass is 33.1. The molecule has 3 rings (SSSR count). The minimum absolute atomic E-state index is 0.00906. The van der Waals surface area contributed by atoms with E-state index in [0.717, 1.165) is 6.33 Å². The van der Waals surface area contributed by atoms with Gasteiger partial charge in [-0.3, -0.25) is 33.6 Å². The maximum absolute atomic E-state index is 12.7. The Morgan fingerprint density at radius 2 is 1.71 bits per heavy atom. The van der Waals surface area contributed by atoms with Crippen LogP contribution in [0.1, 0.15) is 78.4 Å². The molecule has 0 aromatic carbocycles. The summed E-state index contributed by atoms with van der Waals surface area (Å²) in [4.78, 5) is 109. The molecule has 0 spiro atoms. The molecule has 1 fully saturated rings. The van der Waals surface area contributed by atoms with E-state index in [9.17, 15) is 52.6 Å². The summed E-state index contributed by atoms with van der Waals surface area (Å²) in [5, 5.41) is 27.4. The van der Waals surface area contributed by atoms with Gasteiger partial charge in [-0.1, -0.05) is 34.9 Å². The molecule has 26 nitrogen and oxygen atoms in total. The number of imidazole rings is 1. The maximum atomic E-state index is 12.7. The number of unbranched alkanes of at least 4 members (excludes halogenated alkanes) is 2. The van der Waals surface area contributed by atoms with Crippen LogP contribution in [-0.2, 0) is 55.5 Å². The van der Waals surface area contributed by atoms with Gasteiger partial charge in [0.05, 0.1) is 25.0 Å². The summed E-state index contributed by atoms with van der Waals surface area (Å²) in [5.74, 6) is -1.52. The van der Waals surface area contributed by atoms with Crippen LogP contribution in [0.5, 0.6) is 0 Å². The fourth-order valence-electron chi connectivity index (χ4n) is 5.56. The number of phosphoric ester groups is 1. The van der Waals surface area contributed by atoms with Crippen LogP contribution in [0.2, 0.25) is 0 Å². The van der Waals surface area contributed by atoms with E-state index in [1.54, 1.807) is 6.92 Å².